The van der Waals surface area contributed by atoms with Gasteiger partial charge in [0.1, 0.15) is 11.6 Å². The number of nitrogens with zero attached hydrogens (tertiary/aromatic N) is 6. The topological polar surface area (TPSA) is 81.0 Å². The van der Waals surface area contributed by atoms with Gasteiger partial charge >= 0.3 is 0 Å². The second-order valence-electron chi connectivity index (χ2n) is 6.67. The summed E-state index contributed by atoms with van der Waals surface area (Å²) in [6.07, 6.45) is 6.31. The van der Waals surface area contributed by atoms with Crippen molar-refractivity contribution in [3.63, 3.8) is 0 Å². The molecule has 1 aliphatic heterocycles. The van der Waals surface area contributed by atoms with Crippen molar-refractivity contribution in [3.8, 4) is 0 Å². The van der Waals surface area contributed by atoms with Crippen LogP contribution < -0.4 is 5.32 Å². The van der Waals surface area contributed by atoms with E-state index in [4.69, 9.17) is 9.72 Å². The predicted octanol–water partition coefficient (Wildman–Crippen LogP) is 1.81. The molecule has 4 rings (SSSR count). The largest absolute Gasteiger partial charge is 0.379 e. The Morgan fingerprint density at radius 3 is 2.70 bits per heavy atom. The van der Waals surface area contributed by atoms with Crippen LogP contribution in [0.1, 0.15) is 24.4 Å². The number of fused-ring (bicyclic) bond motifs is 1. The van der Waals surface area contributed by atoms with E-state index in [2.05, 4.69) is 44.3 Å². The minimum atomic E-state index is 0.226. The van der Waals surface area contributed by atoms with Crippen LogP contribution in [-0.2, 0) is 18.2 Å². The molecular weight excluding hydrogens is 342 g/mol. The fourth-order valence-electron chi connectivity index (χ4n) is 3.49. The minimum absolute atomic E-state index is 0.226. The standard InChI is InChI=1S/C19H25N7O/c1-3-17-23-18(15-12-22-25(2)19(15)24-17)21-13-16(14-4-6-20-7-5-14)26-8-10-27-11-9-26/h4-7,12,16H,3,8-11,13H2,1-2H3,(H,21,23,24). The van der Waals surface area contributed by atoms with Crippen LogP contribution in [0.3, 0.4) is 0 Å². The molecule has 8 nitrogen and oxygen atoms in total. The zero-order valence-corrected chi connectivity index (χ0v) is 15.8. The van der Waals surface area contributed by atoms with Crippen molar-refractivity contribution in [3.05, 3.63) is 42.1 Å². The maximum atomic E-state index is 5.53. The van der Waals surface area contributed by atoms with E-state index in [1.165, 1.54) is 5.56 Å². The van der Waals surface area contributed by atoms with Crippen LogP contribution in [0.5, 0.6) is 0 Å². The van der Waals surface area contributed by atoms with E-state index in [0.29, 0.717) is 0 Å². The van der Waals surface area contributed by atoms with Crippen LogP contribution in [0.25, 0.3) is 11.0 Å². The molecule has 3 aromatic heterocycles. The van der Waals surface area contributed by atoms with Crippen LogP contribution >= 0.6 is 0 Å². The molecule has 0 bridgehead atoms. The Balaban J connectivity index is 1.61. The molecule has 0 amide bonds. The Bertz CT molecular complexity index is 890. The number of hydrogen-bond donors (Lipinski definition) is 1. The number of ether oxygens (including phenoxy) is 1. The molecule has 1 N–H and O–H groups in total. The number of anilines is 1. The first-order chi connectivity index (χ1) is 13.3. The van der Waals surface area contributed by atoms with Gasteiger partial charge in [0.25, 0.3) is 0 Å². The lowest BCUT2D eigenvalue weighted by molar-refractivity contribution is 0.0187. The predicted molar refractivity (Wildman–Crippen MR) is 104 cm³/mol. The number of aryl methyl sites for hydroxylation is 2. The summed E-state index contributed by atoms with van der Waals surface area (Å²) in [5.74, 6) is 1.66. The molecule has 0 radical (unpaired) electrons. The van der Waals surface area contributed by atoms with Gasteiger partial charge in [-0.05, 0) is 17.7 Å². The van der Waals surface area contributed by atoms with Crippen LogP contribution in [0.4, 0.5) is 5.82 Å². The first-order valence-electron chi connectivity index (χ1n) is 9.40. The molecule has 0 aromatic carbocycles. The first-order valence-corrected chi connectivity index (χ1v) is 9.40. The lowest BCUT2D eigenvalue weighted by Gasteiger charge is -2.35. The number of aromatic nitrogens is 5. The fourth-order valence-corrected chi connectivity index (χ4v) is 3.49. The van der Waals surface area contributed by atoms with Gasteiger partial charge in [-0.25, -0.2) is 9.97 Å². The number of hydrogen-bond acceptors (Lipinski definition) is 7. The Hall–Kier alpha value is -2.58. The molecule has 1 fully saturated rings. The van der Waals surface area contributed by atoms with Gasteiger partial charge in [-0.15, -0.1) is 0 Å². The molecular formula is C19H25N7O. The third kappa shape index (κ3) is 3.77. The van der Waals surface area contributed by atoms with Gasteiger partial charge in [-0.1, -0.05) is 6.92 Å². The van der Waals surface area contributed by atoms with E-state index in [1.807, 2.05) is 25.6 Å². The smallest absolute Gasteiger partial charge is 0.163 e. The summed E-state index contributed by atoms with van der Waals surface area (Å²) in [5, 5.41) is 8.86. The van der Waals surface area contributed by atoms with Gasteiger partial charge in [0.15, 0.2) is 5.65 Å². The Morgan fingerprint density at radius 1 is 1.19 bits per heavy atom. The molecule has 142 valence electrons. The van der Waals surface area contributed by atoms with Crippen molar-refractivity contribution in [2.24, 2.45) is 7.05 Å². The zero-order chi connectivity index (χ0) is 18.6. The van der Waals surface area contributed by atoms with Crippen molar-refractivity contribution in [1.82, 2.24) is 29.6 Å². The van der Waals surface area contributed by atoms with Crippen molar-refractivity contribution in [1.29, 1.82) is 0 Å². The van der Waals surface area contributed by atoms with Gasteiger partial charge in [-0.2, -0.15) is 5.10 Å². The van der Waals surface area contributed by atoms with E-state index in [0.717, 1.165) is 61.9 Å². The second-order valence-corrected chi connectivity index (χ2v) is 6.67. The van der Waals surface area contributed by atoms with Crippen LogP contribution in [0.15, 0.2) is 30.7 Å². The molecule has 4 heterocycles. The van der Waals surface area contributed by atoms with E-state index < -0.39 is 0 Å². The molecule has 1 aliphatic rings. The lowest BCUT2D eigenvalue weighted by Crippen LogP contribution is -2.41. The van der Waals surface area contributed by atoms with Gasteiger partial charge < -0.3 is 10.1 Å². The fraction of sp³-hybridized carbons (Fsp3) is 0.474. The van der Waals surface area contributed by atoms with Crippen molar-refractivity contribution in [2.75, 3.05) is 38.2 Å². The van der Waals surface area contributed by atoms with E-state index >= 15 is 0 Å². The minimum Gasteiger partial charge on any atom is -0.379 e. The summed E-state index contributed by atoms with van der Waals surface area (Å²) in [6, 6.07) is 4.39. The van der Waals surface area contributed by atoms with Crippen LogP contribution in [-0.4, -0.2) is 62.5 Å². The van der Waals surface area contributed by atoms with Gasteiger partial charge in [-0.3, -0.25) is 14.6 Å². The average Bonchev–Trinajstić information content (AvgIpc) is 3.10. The maximum Gasteiger partial charge on any atom is 0.163 e. The van der Waals surface area contributed by atoms with Crippen molar-refractivity contribution in [2.45, 2.75) is 19.4 Å². The summed E-state index contributed by atoms with van der Waals surface area (Å²) in [7, 11) is 1.91. The van der Waals surface area contributed by atoms with Crippen LogP contribution in [0, 0.1) is 0 Å². The second kappa shape index (κ2) is 7.98. The number of rotatable bonds is 6. The average molecular weight is 367 g/mol. The monoisotopic (exact) mass is 367 g/mol. The summed E-state index contributed by atoms with van der Waals surface area (Å²) in [4.78, 5) is 15.9. The molecule has 0 saturated carbocycles. The normalized spacial score (nSPS) is 16.5. The van der Waals surface area contributed by atoms with Crippen molar-refractivity contribution < 1.29 is 4.74 Å². The first kappa shape index (κ1) is 17.8. The third-order valence-electron chi connectivity index (χ3n) is 4.99. The Kier molecular flexibility index (Phi) is 5.26. The maximum absolute atomic E-state index is 5.53. The molecule has 1 atom stereocenters. The lowest BCUT2D eigenvalue weighted by atomic mass is 10.1. The Labute approximate surface area is 158 Å². The zero-order valence-electron chi connectivity index (χ0n) is 15.8. The number of nitrogens with one attached hydrogen (secondary N) is 1. The molecule has 0 spiro atoms. The highest BCUT2D eigenvalue weighted by Crippen LogP contribution is 2.24. The molecule has 8 heteroatoms. The van der Waals surface area contributed by atoms with Gasteiger partial charge in [0.05, 0.1) is 30.8 Å². The third-order valence-corrected chi connectivity index (χ3v) is 4.99. The Morgan fingerprint density at radius 2 is 1.96 bits per heavy atom. The quantitative estimate of drug-likeness (QED) is 0.711. The van der Waals surface area contributed by atoms with Crippen LogP contribution in [0.2, 0.25) is 0 Å². The van der Waals surface area contributed by atoms with E-state index in [9.17, 15) is 0 Å². The molecule has 0 aliphatic carbocycles. The summed E-state index contributed by atoms with van der Waals surface area (Å²) >= 11 is 0. The molecule has 3 aromatic rings. The highest BCUT2D eigenvalue weighted by molar-refractivity contribution is 5.86. The van der Waals surface area contributed by atoms with Gasteiger partial charge in [0.2, 0.25) is 0 Å². The number of morpholine rings is 1. The molecule has 27 heavy (non-hydrogen) atoms. The SMILES string of the molecule is CCc1nc(NCC(c2ccncc2)N2CCOCC2)c2cnn(C)c2n1. The van der Waals surface area contributed by atoms with E-state index in [-0.39, 0.29) is 6.04 Å². The summed E-state index contributed by atoms with van der Waals surface area (Å²) in [5.41, 5.74) is 2.10. The summed E-state index contributed by atoms with van der Waals surface area (Å²) < 4.78 is 7.33. The summed E-state index contributed by atoms with van der Waals surface area (Å²) in [6.45, 7) is 6.18. The highest BCUT2D eigenvalue weighted by Gasteiger charge is 2.23. The van der Waals surface area contributed by atoms with E-state index in [1.54, 1.807) is 4.68 Å². The van der Waals surface area contributed by atoms with Crippen molar-refractivity contribution >= 4 is 16.9 Å². The number of pyridine rings is 1. The molecule has 1 saturated heterocycles. The molecule has 1 unspecified atom stereocenters. The highest BCUT2D eigenvalue weighted by atomic mass is 16.5. The van der Waals surface area contributed by atoms with Gasteiger partial charge in [0, 0.05) is 45.5 Å².